The summed E-state index contributed by atoms with van der Waals surface area (Å²) < 4.78 is 14.5. The lowest BCUT2D eigenvalue weighted by atomic mass is 9.54. The van der Waals surface area contributed by atoms with E-state index in [1.54, 1.807) is 13.8 Å². The number of Topliss-reactive ketones (excluding diaryl/α,β-unsaturated/α-hetero) is 1. The van der Waals surface area contributed by atoms with Crippen molar-refractivity contribution in [2.45, 2.75) is 73.4 Å². The van der Waals surface area contributed by atoms with Crippen LogP contribution in [0.15, 0.2) is 53.3 Å². The number of fused-ring (bicyclic) bond motifs is 1. The van der Waals surface area contributed by atoms with Crippen LogP contribution in [0, 0.1) is 10.8 Å². The Kier molecular flexibility index (Phi) is 9.64. The summed E-state index contributed by atoms with van der Waals surface area (Å²) in [5, 5.41) is 16.3. The van der Waals surface area contributed by atoms with Crippen molar-refractivity contribution >= 4 is 28.8 Å². The molecule has 2 fully saturated rings. The van der Waals surface area contributed by atoms with Gasteiger partial charge in [-0.3, -0.25) is 4.79 Å². The van der Waals surface area contributed by atoms with Gasteiger partial charge in [-0.1, -0.05) is 45.5 Å². The zero-order chi connectivity index (χ0) is 28.1. The van der Waals surface area contributed by atoms with Gasteiger partial charge in [0.2, 0.25) is 5.96 Å². The lowest BCUT2D eigenvalue weighted by Gasteiger charge is -2.63. The first-order valence-electron chi connectivity index (χ1n) is 13.1. The SMILES string of the molecule is C/C=C(O)\C=C(/C(C)=N)C(C)=O.C=C1c2cccc(CC)c2N=C(N2CC3(CCC3(C)F)C2)N1C.CC. The van der Waals surface area contributed by atoms with Crippen molar-refractivity contribution < 1.29 is 14.3 Å². The molecule has 0 amide bonds. The summed E-state index contributed by atoms with van der Waals surface area (Å²) in [6.07, 6.45) is 5.39. The molecule has 6 nitrogen and oxygen atoms in total. The van der Waals surface area contributed by atoms with Crippen molar-refractivity contribution in [3.8, 4) is 0 Å². The highest BCUT2D eigenvalue weighted by molar-refractivity contribution is 6.19. The summed E-state index contributed by atoms with van der Waals surface area (Å²) in [6.45, 7) is 18.2. The molecule has 1 aromatic carbocycles. The summed E-state index contributed by atoms with van der Waals surface area (Å²) >= 11 is 0. The Morgan fingerprint density at radius 1 is 1.27 bits per heavy atom. The second kappa shape index (κ2) is 11.9. The second-order valence-corrected chi connectivity index (χ2v) is 9.87. The molecule has 1 aromatic rings. The lowest BCUT2D eigenvalue weighted by Crippen LogP contribution is -2.72. The van der Waals surface area contributed by atoms with E-state index >= 15 is 0 Å². The molecule has 7 heteroatoms. The van der Waals surface area contributed by atoms with Crippen LogP contribution in [0.25, 0.3) is 5.70 Å². The molecule has 1 spiro atoms. The maximum atomic E-state index is 14.5. The first-order chi connectivity index (χ1) is 17.4. The summed E-state index contributed by atoms with van der Waals surface area (Å²) in [7, 11) is 2.00. The predicted octanol–water partition coefficient (Wildman–Crippen LogP) is 7.01. The fourth-order valence-corrected chi connectivity index (χ4v) is 4.84. The molecule has 1 atom stereocenters. The number of benzene rings is 1. The van der Waals surface area contributed by atoms with Crippen molar-refractivity contribution in [2.24, 2.45) is 10.4 Å². The molecule has 0 bridgehead atoms. The number of nitrogens with zero attached hydrogens (tertiary/aromatic N) is 3. The molecule has 4 rings (SSSR count). The van der Waals surface area contributed by atoms with E-state index in [2.05, 4.69) is 36.6 Å². The number of para-hydroxylation sites is 1. The van der Waals surface area contributed by atoms with Crippen LogP contribution >= 0.6 is 0 Å². The smallest absolute Gasteiger partial charge is 0.206 e. The molecule has 0 aromatic heterocycles. The number of aliphatic hydroxyl groups excluding tert-OH is 1. The fourth-order valence-electron chi connectivity index (χ4n) is 4.84. The van der Waals surface area contributed by atoms with Gasteiger partial charge in [0.05, 0.1) is 5.69 Å². The number of allylic oxidation sites excluding steroid dienone is 3. The minimum atomic E-state index is -1.01. The maximum absolute atomic E-state index is 14.5. The Morgan fingerprint density at radius 3 is 2.32 bits per heavy atom. The van der Waals surface area contributed by atoms with Gasteiger partial charge in [0.15, 0.2) is 5.78 Å². The summed E-state index contributed by atoms with van der Waals surface area (Å²) in [5.74, 6) is 0.708. The molecule has 202 valence electrons. The first-order valence-corrected chi connectivity index (χ1v) is 13.1. The number of hydrogen-bond donors (Lipinski definition) is 2. The fraction of sp³-hybridized carbons (Fsp3) is 0.500. The zero-order valence-electron chi connectivity index (χ0n) is 23.7. The van der Waals surface area contributed by atoms with E-state index in [-0.39, 0.29) is 28.2 Å². The largest absolute Gasteiger partial charge is 0.508 e. The number of halogens is 1. The molecule has 2 N–H and O–H groups in total. The number of carbonyl (C=O) groups is 1. The summed E-state index contributed by atoms with van der Waals surface area (Å²) in [6, 6.07) is 6.27. The third kappa shape index (κ3) is 5.86. The molecule has 1 saturated heterocycles. The van der Waals surface area contributed by atoms with Gasteiger partial charge < -0.3 is 20.3 Å². The number of nitrogens with one attached hydrogen (secondary N) is 1. The maximum Gasteiger partial charge on any atom is 0.206 e. The monoisotopic (exact) mass is 510 g/mol. The molecular weight excluding hydrogens is 467 g/mol. The van der Waals surface area contributed by atoms with Gasteiger partial charge in [0.25, 0.3) is 0 Å². The normalized spacial score (nSPS) is 21.9. The van der Waals surface area contributed by atoms with Crippen molar-refractivity contribution in [1.29, 1.82) is 5.41 Å². The van der Waals surface area contributed by atoms with Crippen molar-refractivity contribution in [2.75, 3.05) is 20.1 Å². The zero-order valence-corrected chi connectivity index (χ0v) is 23.7. The first kappa shape index (κ1) is 30.0. The number of alkyl halides is 1. The minimum Gasteiger partial charge on any atom is -0.508 e. The number of aryl methyl sites for hydroxylation is 1. The molecule has 3 aliphatic rings. The lowest BCUT2D eigenvalue weighted by molar-refractivity contribution is -0.163. The van der Waals surface area contributed by atoms with Crippen molar-refractivity contribution in [3.63, 3.8) is 0 Å². The van der Waals surface area contributed by atoms with E-state index in [4.69, 9.17) is 15.5 Å². The van der Waals surface area contributed by atoms with Crippen LogP contribution in [-0.2, 0) is 11.2 Å². The Bertz CT molecular complexity index is 1120. The van der Waals surface area contributed by atoms with Crippen LogP contribution in [0.2, 0.25) is 0 Å². The van der Waals surface area contributed by atoms with Gasteiger partial charge in [0, 0.05) is 48.1 Å². The van der Waals surface area contributed by atoms with E-state index in [0.717, 1.165) is 48.8 Å². The standard InChI is InChI=1S/C19H24FN3.C9H13NO2.C2H6/c1-5-14-7-6-8-15-13(2)22(4)17(21-16(14)15)23-11-19(12-23)10-9-18(19,3)20;1-4-8(12)5-9(6(2)10)7(3)11;1-2/h6-8H,2,5,9-12H2,1,3-4H3;4-5,10,12H,1-3H3;1-2H3/b;8-4+,9-5+,10-6?;. The molecule has 2 heterocycles. The highest BCUT2D eigenvalue weighted by Gasteiger charge is 2.63. The van der Waals surface area contributed by atoms with E-state index in [9.17, 15) is 9.18 Å². The van der Waals surface area contributed by atoms with Gasteiger partial charge in [0.1, 0.15) is 11.4 Å². The molecule has 2 aliphatic heterocycles. The highest BCUT2D eigenvalue weighted by atomic mass is 19.1. The molecule has 0 radical (unpaired) electrons. The van der Waals surface area contributed by atoms with Crippen LogP contribution in [0.3, 0.4) is 0 Å². The number of carbonyl (C=O) groups excluding carboxylic acids is 1. The number of rotatable bonds is 4. The summed E-state index contributed by atoms with van der Waals surface area (Å²) in [5.41, 5.74) is 3.58. The number of aliphatic imine (C=N–C) groups is 1. The van der Waals surface area contributed by atoms with Crippen LogP contribution < -0.4 is 0 Å². The Hall–Kier alpha value is -3.22. The van der Waals surface area contributed by atoms with Crippen LogP contribution in [-0.4, -0.2) is 58.2 Å². The van der Waals surface area contributed by atoms with Gasteiger partial charge in [-0.2, -0.15) is 0 Å². The van der Waals surface area contributed by atoms with Gasteiger partial charge in [-0.05, 0) is 64.7 Å². The molecule has 37 heavy (non-hydrogen) atoms. The Morgan fingerprint density at radius 2 is 1.89 bits per heavy atom. The van der Waals surface area contributed by atoms with Crippen molar-refractivity contribution in [3.05, 3.63) is 59.4 Å². The highest BCUT2D eigenvalue weighted by Crippen LogP contribution is 2.58. The predicted molar refractivity (Wildman–Crippen MR) is 152 cm³/mol. The molecule has 1 unspecified atom stereocenters. The van der Waals surface area contributed by atoms with E-state index < -0.39 is 5.67 Å². The minimum absolute atomic E-state index is 0.00630. The van der Waals surface area contributed by atoms with Crippen LogP contribution in [0.1, 0.15) is 72.4 Å². The average molecular weight is 511 g/mol. The third-order valence-corrected chi connectivity index (χ3v) is 7.55. The third-order valence-electron chi connectivity index (χ3n) is 7.55. The number of hydrogen-bond acceptors (Lipinski definition) is 6. The number of ketones is 1. The number of likely N-dealkylation sites (tertiary alicyclic amines) is 1. The van der Waals surface area contributed by atoms with Gasteiger partial charge >= 0.3 is 0 Å². The number of guanidine groups is 1. The average Bonchev–Trinajstić information content (AvgIpc) is 2.84. The number of aliphatic hydroxyl groups is 1. The molecular formula is C30H43FN4O2. The van der Waals surface area contributed by atoms with Crippen LogP contribution in [0.4, 0.5) is 10.1 Å². The summed E-state index contributed by atoms with van der Waals surface area (Å²) in [4.78, 5) is 20.1. The van der Waals surface area contributed by atoms with E-state index in [0.29, 0.717) is 6.42 Å². The van der Waals surface area contributed by atoms with E-state index in [1.165, 1.54) is 31.6 Å². The van der Waals surface area contributed by atoms with Crippen molar-refractivity contribution in [1.82, 2.24) is 9.80 Å². The van der Waals surface area contributed by atoms with Crippen LogP contribution in [0.5, 0.6) is 0 Å². The quantitative estimate of drug-likeness (QED) is 0.198. The topological polar surface area (TPSA) is 80.0 Å². The van der Waals surface area contributed by atoms with E-state index in [1.807, 2.05) is 25.8 Å². The Balaban J connectivity index is 0.000000295. The van der Waals surface area contributed by atoms with Gasteiger partial charge in [-0.15, -0.1) is 0 Å². The second-order valence-electron chi connectivity index (χ2n) is 9.87. The Labute approximate surface area is 221 Å². The molecule has 1 aliphatic carbocycles. The van der Waals surface area contributed by atoms with Gasteiger partial charge in [-0.25, -0.2) is 9.38 Å². The molecule has 1 saturated carbocycles.